The molecule has 1 saturated heterocycles. The van der Waals surface area contributed by atoms with Gasteiger partial charge in [0.15, 0.2) is 11.5 Å². The van der Waals surface area contributed by atoms with Gasteiger partial charge in [0.25, 0.3) is 5.91 Å². The molecule has 0 spiro atoms. The number of rotatable bonds is 6. The van der Waals surface area contributed by atoms with Crippen LogP contribution >= 0.6 is 22.6 Å². The van der Waals surface area contributed by atoms with Gasteiger partial charge in [-0.15, -0.1) is 0 Å². The summed E-state index contributed by atoms with van der Waals surface area (Å²) < 4.78 is 11.4. The smallest absolute Gasteiger partial charge is 0.252 e. The lowest BCUT2D eigenvalue weighted by Crippen LogP contribution is -2.45. The van der Waals surface area contributed by atoms with E-state index in [0.717, 1.165) is 29.1 Å². The molecule has 5 nitrogen and oxygen atoms in total. The van der Waals surface area contributed by atoms with Crippen molar-refractivity contribution in [3.63, 3.8) is 0 Å². The first kappa shape index (κ1) is 19.3. The summed E-state index contributed by atoms with van der Waals surface area (Å²) in [5, 5.41) is 3.11. The first-order valence-corrected chi connectivity index (χ1v) is 9.47. The van der Waals surface area contributed by atoms with E-state index in [1.807, 2.05) is 6.07 Å². The molecule has 6 heteroatoms. The molecule has 2 atom stereocenters. The SMILES string of the molecule is COc1cc(I)c(C(=O)NC(C)CN2CCCC(C)C2)cc1OC. The van der Waals surface area contributed by atoms with Gasteiger partial charge in [0.1, 0.15) is 0 Å². The van der Waals surface area contributed by atoms with Crippen LogP contribution in [-0.2, 0) is 0 Å². The second-order valence-corrected chi connectivity index (χ2v) is 7.73. The molecule has 24 heavy (non-hydrogen) atoms. The molecule has 1 aromatic carbocycles. The molecule has 1 aliphatic heterocycles. The maximum Gasteiger partial charge on any atom is 0.252 e. The monoisotopic (exact) mass is 446 g/mol. The standard InChI is InChI=1S/C18H27IN2O3/c1-12-6-5-7-21(10-12)11-13(2)20-18(22)14-8-16(23-3)17(24-4)9-15(14)19/h8-9,12-13H,5-7,10-11H2,1-4H3,(H,20,22). The van der Waals surface area contributed by atoms with E-state index in [2.05, 4.69) is 46.7 Å². The van der Waals surface area contributed by atoms with Gasteiger partial charge in [-0.3, -0.25) is 4.79 Å². The summed E-state index contributed by atoms with van der Waals surface area (Å²) in [4.78, 5) is 15.1. The van der Waals surface area contributed by atoms with Gasteiger partial charge >= 0.3 is 0 Å². The molecule has 0 aliphatic carbocycles. The zero-order valence-corrected chi connectivity index (χ0v) is 17.1. The summed E-state index contributed by atoms with van der Waals surface area (Å²) in [7, 11) is 3.17. The Morgan fingerprint density at radius 3 is 2.67 bits per heavy atom. The van der Waals surface area contributed by atoms with Crippen LogP contribution in [0.5, 0.6) is 11.5 Å². The number of carbonyl (C=O) groups excluding carboxylic acids is 1. The number of hydrogen-bond acceptors (Lipinski definition) is 4. The lowest BCUT2D eigenvalue weighted by atomic mass is 10.00. The van der Waals surface area contributed by atoms with Crippen molar-refractivity contribution in [2.24, 2.45) is 5.92 Å². The Bertz CT molecular complexity index is 580. The molecular formula is C18H27IN2O3. The molecule has 1 amide bonds. The number of piperidine rings is 1. The Kier molecular flexibility index (Phi) is 7.16. The quantitative estimate of drug-likeness (QED) is 0.683. The van der Waals surface area contributed by atoms with E-state index in [0.29, 0.717) is 17.1 Å². The minimum absolute atomic E-state index is 0.0714. The summed E-state index contributed by atoms with van der Waals surface area (Å²) in [5.74, 6) is 1.88. The number of hydrogen-bond donors (Lipinski definition) is 1. The molecule has 1 fully saturated rings. The Hall–Kier alpha value is -1.02. The molecular weight excluding hydrogens is 419 g/mol. The molecule has 1 heterocycles. The van der Waals surface area contributed by atoms with Crippen molar-refractivity contribution >= 4 is 28.5 Å². The van der Waals surface area contributed by atoms with Gasteiger partial charge in [-0.1, -0.05) is 6.92 Å². The highest BCUT2D eigenvalue weighted by Gasteiger charge is 2.21. The van der Waals surface area contributed by atoms with E-state index in [4.69, 9.17) is 9.47 Å². The van der Waals surface area contributed by atoms with Crippen molar-refractivity contribution < 1.29 is 14.3 Å². The Morgan fingerprint density at radius 2 is 2.04 bits per heavy atom. The van der Waals surface area contributed by atoms with Crippen LogP contribution in [0, 0.1) is 9.49 Å². The molecule has 0 saturated carbocycles. The Morgan fingerprint density at radius 1 is 1.38 bits per heavy atom. The molecule has 2 rings (SSSR count). The van der Waals surface area contributed by atoms with Crippen molar-refractivity contribution in [1.82, 2.24) is 10.2 Å². The van der Waals surface area contributed by atoms with E-state index >= 15 is 0 Å². The lowest BCUT2D eigenvalue weighted by molar-refractivity contribution is 0.0918. The summed E-state index contributed by atoms with van der Waals surface area (Å²) >= 11 is 2.16. The van der Waals surface area contributed by atoms with E-state index < -0.39 is 0 Å². The van der Waals surface area contributed by atoms with Crippen molar-refractivity contribution in [3.8, 4) is 11.5 Å². The third kappa shape index (κ3) is 4.99. The van der Waals surface area contributed by atoms with Crippen LogP contribution in [0.15, 0.2) is 12.1 Å². The van der Waals surface area contributed by atoms with Crippen molar-refractivity contribution in [1.29, 1.82) is 0 Å². The summed E-state index contributed by atoms with van der Waals surface area (Å²) in [6.45, 7) is 7.48. The van der Waals surface area contributed by atoms with Crippen LogP contribution in [0.25, 0.3) is 0 Å². The van der Waals surface area contributed by atoms with Crippen LogP contribution < -0.4 is 14.8 Å². The first-order chi connectivity index (χ1) is 11.4. The number of methoxy groups -OCH3 is 2. The third-order valence-electron chi connectivity index (χ3n) is 4.37. The molecule has 134 valence electrons. The maximum absolute atomic E-state index is 12.6. The predicted molar refractivity (Wildman–Crippen MR) is 104 cm³/mol. The van der Waals surface area contributed by atoms with E-state index in [1.165, 1.54) is 12.8 Å². The van der Waals surface area contributed by atoms with Crippen LogP contribution in [0.3, 0.4) is 0 Å². The van der Waals surface area contributed by atoms with Gasteiger partial charge in [0.2, 0.25) is 0 Å². The summed E-state index contributed by atoms with van der Waals surface area (Å²) in [6.07, 6.45) is 2.55. The highest BCUT2D eigenvalue weighted by molar-refractivity contribution is 14.1. The van der Waals surface area contributed by atoms with E-state index in [9.17, 15) is 4.79 Å². The van der Waals surface area contributed by atoms with Crippen molar-refractivity contribution in [3.05, 3.63) is 21.3 Å². The molecule has 0 radical (unpaired) electrons. The largest absolute Gasteiger partial charge is 0.493 e. The normalized spacial score (nSPS) is 19.6. The number of nitrogens with one attached hydrogen (secondary N) is 1. The van der Waals surface area contributed by atoms with Crippen molar-refractivity contribution in [2.45, 2.75) is 32.7 Å². The summed E-state index contributed by atoms with van der Waals surface area (Å²) in [5.41, 5.74) is 0.618. The second-order valence-electron chi connectivity index (χ2n) is 6.57. The van der Waals surface area contributed by atoms with Gasteiger partial charge < -0.3 is 19.7 Å². The number of benzene rings is 1. The van der Waals surface area contributed by atoms with Crippen LogP contribution in [0.4, 0.5) is 0 Å². The molecule has 0 bridgehead atoms. The van der Waals surface area contributed by atoms with Crippen LogP contribution in [0.1, 0.15) is 37.0 Å². The topological polar surface area (TPSA) is 50.8 Å². The first-order valence-electron chi connectivity index (χ1n) is 8.39. The van der Waals surface area contributed by atoms with Crippen LogP contribution in [-0.4, -0.2) is 50.7 Å². The zero-order valence-electron chi connectivity index (χ0n) is 14.9. The van der Waals surface area contributed by atoms with E-state index in [-0.39, 0.29) is 11.9 Å². The second kappa shape index (κ2) is 8.89. The predicted octanol–water partition coefficient (Wildman–Crippen LogP) is 3.16. The minimum Gasteiger partial charge on any atom is -0.493 e. The van der Waals surface area contributed by atoms with Gasteiger partial charge in [0, 0.05) is 22.7 Å². The molecule has 1 aliphatic rings. The number of amides is 1. The minimum atomic E-state index is -0.0714. The third-order valence-corrected chi connectivity index (χ3v) is 5.26. The fourth-order valence-corrected chi connectivity index (χ4v) is 3.90. The molecule has 1 N–H and O–H groups in total. The van der Waals surface area contributed by atoms with Crippen LogP contribution in [0.2, 0.25) is 0 Å². The fraction of sp³-hybridized carbons (Fsp3) is 0.611. The summed E-state index contributed by atoms with van der Waals surface area (Å²) in [6, 6.07) is 3.67. The highest BCUT2D eigenvalue weighted by atomic mass is 127. The Balaban J connectivity index is 2.01. The van der Waals surface area contributed by atoms with Gasteiger partial charge in [0.05, 0.1) is 19.8 Å². The molecule has 2 unspecified atom stereocenters. The van der Waals surface area contributed by atoms with E-state index in [1.54, 1.807) is 20.3 Å². The number of carbonyl (C=O) groups is 1. The number of ether oxygens (including phenoxy) is 2. The average molecular weight is 446 g/mol. The van der Waals surface area contributed by atoms with Gasteiger partial charge in [-0.25, -0.2) is 0 Å². The molecule has 0 aromatic heterocycles. The zero-order chi connectivity index (χ0) is 17.7. The fourth-order valence-electron chi connectivity index (χ4n) is 3.22. The highest BCUT2D eigenvalue weighted by Crippen LogP contribution is 2.31. The van der Waals surface area contributed by atoms with Crippen molar-refractivity contribution in [2.75, 3.05) is 33.9 Å². The van der Waals surface area contributed by atoms with Gasteiger partial charge in [-0.05, 0) is 67.0 Å². The average Bonchev–Trinajstić information content (AvgIpc) is 2.54. The maximum atomic E-state index is 12.6. The number of likely N-dealkylation sites (tertiary alicyclic amines) is 1. The number of halogens is 1. The van der Waals surface area contributed by atoms with Gasteiger partial charge in [-0.2, -0.15) is 0 Å². The molecule has 1 aromatic rings. The Labute approximate surface area is 158 Å². The number of nitrogens with zero attached hydrogens (tertiary/aromatic N) is 1. The lowest BCUT2D eigenvalue weighted by Gasteiger charge is -2.32.